The lowest BCUT2D eigenvalue weighted by Crippen LogP contribution is -2.34. The van der Waals surface area contributed by atoms with Crippen LogP contribution in [0.5, 0.6) is 0 Å². The molecule has 1 atom stereocenters. The van der Waals surface area contributed by atoms with E-state index in [-0.39, 0.29) is 5.96 Å². The Bertz CT molecular complexity index is 145. The Balaban J connectivity index is 2.29. The Labute approximate surface area is 67.0 Å². The van der Waals surface area contributed by atoms with Crippen molar-refractivity contribution < 1.29 is 0 Å². The molecule has 1 saturated heterocycles. The van der Waals surface area contributed by atoms with Gasteiger partial charge in [0.15, 0.2) is 5.96 Å². The molecular formula is C7H16N4. The summed E-state index contributed by atoms with van der Waals surface area (Å²) in [4.78, 5) is 1.90. The minimum atomic E-state index is 0.199. The molecule has 0 radical (unpaired) electrons. The van der Waals surface area contributed by atoms with Crippen molar-refractivity contribution in [2.24, 2.45) is 17.4 Å². The van der Waals surface area contributed by atoms with Crippen LogP contribution in [0, 0.1) is 11.3 Å². The molecule has 1 fully saturated rings. The molecule has 0 bridgehead atoms. The predicted octanol–water partition coefficient (Wildman–Crippen LogP) is -0.449. The van der Waals surface area contributed by atoms with Gasteiger partial charge >= 0.3 is 0 Å². The van der Waals surface area contributed by atoms with Crippen molar-refractivity contribution in [2.45, 2.75) is 12.8 Å². The maximum absolute atomic E-state index is 7.19. The van der Waals surface area contributed by atoms with E-state index in [1.807, 2.05) is 4.90 Å². The van der Waals surface area contributed by atoms with Gasteiger partial charge in [0.05, 0.1) is 0 Å². The number of likely N-dealkylation sites (tertiary alicyclic amines) is 1. The van der Waals surface area contributed by atoms with Crippen LogP contribution in [0.15, 0.2) is 0 Å². The Morgan fingerprint density at radius 1 is 1.64 bits per heavy atom. The molecule has 64 valence electrons. The fraction of sp³-hybridized carbons (Fsp3) is 0.857. The van der Waals surface area contributed by atoms with E-state index >= 15 is 0 Å². The van der Waals surface area contributed by atoms with E-state index in [1.54, 1.807) is 0 Å². The summed E-state index contributed by atoms with van der Waals surface area (Å²) in [5.41, 5.74) is 10.8. The zero-order valence-electron chi connectivity index (χ0n) is 6.71. The van der Waals surface area contributed by atoms with Crippen molar-refractivity contribution in [3.63, 3.8) is 0 Å². The predicted molar refractivity (Wildman–Crippen MR) is 45.3 cm³/mol. The molecule has 1 heterocycles. The summed E-state index contributed by atoms with van der Waals surface area (Å²) >= 11 is 0. The second-order valence-corrected chi connectivity index (χ2v) is 3.06. The lowest BCUT2D eigenvalue weighted by molar-refractivity contribution is 0.459. The largest absolute Gasteiger partial charge is 0.370 e. The highest BCUT2D eigenvalue weighted by Gasteiger charge is 2.21. The van der Waals surface area contributed by atoms with Crippen LogP contribution in [0.3, 0.4) is 0 Å². The summed E-state index contributed by atoms with van der Waals surface area (Å²) in [6, 6.07) is 0. The molecule has 0 saturated carbocycles. The topological polar surface area (TPSA) is 79.1 Å². The van der Waals surface area contributed by atoms with Crippen LogP contribution in [0.1, 0.15) is 12.8 Å². The van der Waals surface area contributed by atoms with Crippen molar-refractivity contribution in [3.05, 3.63) is 0 Å². The molecule has 1 aliphatic heterocycles. The Morgan fingerprint density at radius 3 is 2.82 bits per heavy atom. The summed E-state index contributed by atoms with van der Waals surface area (Å²) in [7, 11) is 0. The van der Waals surface area contributed by atoms with Gasteiger partial charge in [-0.05, 0) is 25.3 Å². The highest BCUT2D eigenvalue weighted by atomic mass is 15.2. The summed E-state index contributed by atoms with van der Waals surface area (Å²) in [6.45, 7) is 2.60. The number of nitrogens with zero attached hydrogens (tertiary/aromatic N) is 1. The van der Waals surface area contributed by atoms with E-state index < -0.39 is 0 Å². The molecular weight excluding hydrogens is 140 g/mol. The normalized spacial score (nSPS) is 24.1. The maximum atomic E-state index is 7.19. The van der Waals surface area contributed by atoms with E-state index in [1.165, 1.54) is 0 Å². The number of nitrogens with two attached hydrogens (primary N) is 2. The van der Waals surface area contributed by atoms with Crippen molar-refractivity contribution in [2.75, 3.05) is 19.6 Å². The first-order valence-corrected chi connectivity index (χ1v) is 4.03. The minimum absolute atomic E-state index is 0.199. The number of hydrogen-bond acceptors (Lipinski definition) is 2. The van der Waals surface area contributed by atoms with Crippen LogP contribution >= 0.6 is 0 Å². The standard InChI is InChI=1S/C7H16N4/c8-3-1-6-2-4-11(5-6)7(9)10/h6H,1-5,8H2,(H3,9,10). The van der Waals surface area contributed by atoms with Crippen LogP contribution in [0.25, 0.3) is 0 Å². The summed E-state index contributed by atoms with van der Waals surface area (Å²) in [5.74, 6) is 0.855. The lowest BCUT2D eigenvalue weighted by Gasteiger charge is -2.14. The lowest BCUT2D eigenvalue weighted by atomic mass is 10.1. The van der Waals surface area contributed by atoms with Gasteiger partial charge in [-0.3, -0.25) is 5.41 Å². The molecule has 1 aliphatic rings. The molecule has 5 N–H and O–H groups in total. The van der Waals surface area contributed by atoms with Gasteiger partial charge in [0.2, 0.25) is 0 Å². The van der Waals surface area contributed by atoms with Gasteiger partial charge in [0.1, 0.15) is 0 Å². The van der Waals surface area contributed by atoms with E-state index in [0.29, 0.717) is 5.92 Å². The second kappa shape index (κ2) is 3.57. The summed E-state index contributed by atoms with van der Waals surface area (Å²) < 4.78 is 0. The van der Waals surface area contributed by atoms with Gasteiger partial charge in [0.25, 0.3) is 0 Å². The Kier molecular flexibility index (Phi) is 2.70. The number of rotatable bonds is 2. The highest BCUT2D eigenvalue weighted by molar-refractivity contribution is 5.74. The average molecular weight is 156 g/mol. The van der Waals surface area contributed by atoms with Crippen LogP contribution in [-0.2, 0) is 0 Å². The van der Waals surface area contributed by atoms with Gasteiger partial charge < -0.3 is 16.4 Å². The first-order valence-electron chi connectivity index (χ1n) is 4.03. The van der Waals surface area contributed by atoms with Crippen molar-refractivity contribution in [1.29, 1.82) is 5.41 Å². The third-order valence-electron chi connectivity index (χ3n) is 2.20. The molecule has 0 aromatic carbocycles. The van der Waals surface area contributed by atoms with E-state index in [0.717, 1.165) is 32.5 Å². The molecule has 0 aliphatic carbocycles. The average Bonchev–Trinajstić information content (AvgIpc) is 2.37. The van der Waals surface area contributed by atoms with Crippen LogP contribution in [-0.4, -0.2) is 30.5 Å². The van der Waals surface area contributed by atoms with Crippen molar-refractivity contribution in [1.82, 2.24) is 4.90 Å². The van der Waals surface area contributed by atoms with Crippen LogP contribution in [0.4, 0.5) is 0 Å². The molecule has 0 spiro atoms. The first kappa shape index (κ1) is 8.33. The quantitative estimate of drug-likeness (QED) is 0.374. The monoisotopic (exact) mass is 156 g/mol. The Morgan fingerprint density at radius 2 is 2.36 bits per heavy atom. The maximum Gasteiger partial charge on any atom is 0.188 e. The molecule has 1 unspecified atom stereocenters. The summed E-state index contributed by atoms with van der Waals surface area (Å²) in [5, 5.41) is 7.19. The fourth-order valence-corrected chi connectivity index (χ4v) is 1.52. The molecule has 0 amide bonds. The molecule has 4 heteroatoms. The molecule has 1 rings (SSSR count). The van der Waals surface area contributed by atoms with Gasteiger partial charge in [-0.25, -0.2) is 0 Å². The zero-order chi connectivity index (χ0) is 8.27. The highest BCUT2D eigenvalue weighted by Crippen LogP contribution is 2.17. The molecule has 0 aromatic rings. The van der Waals surface area contributed by atoms with Gasteiger partial charge in [-0.1, -0.05) is 0 Å². The van der Waals surface area contributed by atoms with E-state index in [2.05, 4.69) is 0 Å². The number of guanidine groups is 1. The van der Waals surface area contributed by atoms with Gasteiger partial charge in [0, 0.05) is 13.1 Å². The molecule has 0 aromatic heterocycles. The first-order chi connectivity index (χ1) is 5.24. The molecule has 11 heavy (non-hydrogen) atoms. The zero-order valence-corrected chi connectivity index (χ0v) is 6.71. The fourth-order valence-electron chi connectivity index (χ4n) is 1.52. The summed E-state index contributed by atoms with van der Waals surface area (Å²) in [6.07, 6.45) is 2.19. The second-order valence-electron chi connectivity index (χ2n) is 3.06. The van der Waals surface area contributed by atoms with Crippen LogP contribution < -0.4 is 11.5 Å². The van der Waals surface area contributed by atoms with E-state index in [9.17, 15) is 0 Å². The third-order valence-corrected chi connectivity index (χ3v) is 2.20. The molecule has 4 nitrogen and oxygen atoms in total. The number of nitrogens with one attached hydrogen (secondary N) is 1. The smallest absolute Gasteiger partial charge is 0.188 e. The minimum Gasteiger partial charge on any atom is -0.370 e. The SMILES string of the molecule is N=C(N)N1CCC(CCN)C1. The third kappa shape index (κ3) is 2.08. The van der Waals surface area contributed by atoms with E-state index in [4.69, 9.17) is 16.9 Å². The number of hydrogen-bond donors (Lipinski definition) is 3. The van der Waals surface area contributed by atoms with Gasteiger partial charge in [-0.2, -0.15) is 0 Å². The van der Waals surface area contributed by atoms with Crippen molar-refractivity contribution >= 4 is 5.96 Å². The van der Waals surface area contributed by atoms with Gasteiger partial charge in [-0.15, -0.1) is 0 Å². The van der Waals surface area contributed by atoms with Crippen LogP contribution in [0.2, 0.25) is 0 Å². The Hall–Kier alpha value is -0.770. The van der Waals surface area contributed by atoms with Crippen molar-refractivity contribution in [3.8, 4) is 0 Å².